The van der Waals surface area contributed by atoms with Crippen molar-refractivity contribution in [3.05, 3.63) is 76.9 Å². The number of rotatable bonds is 6. The second kappa shape index (κ2) is 7.91. The van der Waals surface area contributed by atoms with Crippen molar-refractivity contribution in [2.75, 3.05) is 5.32 Å². The number of carbonyl (C=O) groups is 1. The van der Waals surface area contributed by atoms with Gasteiger partial charge >= 0.3 is 5.69 Å². The Labute approximate surface area is 168 Å². The minimum Gasteiger partial charge on any atom is -0.334 e. The fraction of sp³-hybridized carbons (Fsp3) is 0.0526. The fourth-order valence-electron chi connectivity index (χ4n) is 2.63. The van der Waals surface area contributed by atoms with Crippen LogP contribution in [0.5, 0.6) is 0 Å². The smallest absolute Gasteiger partial charge is 0.307 e. The van der Waals surface area contributed by atoms with E-state index in [9.17, 15) is 19.3 Å². The quantitative estimate of drug-likeness (QED) is 0.383. The largest absolute Gasteiger partial charge is 0.334 e. The number of nitro groups is 1. The molecule has 4 rings (SSSR count). The van der Waals surface area contributed by atoms with E-state index in [1.54, 1.807) is 36.4 Å². The van der Waals surface area contributed by atoms with Crippen LogP contribution in [0.4, 0.5) is 15.8 Å². The molecule has 0 aliphatic rings. The van der Waals surface area contributed by atoms with Gasteiger partial charge in [-0.1, -0.05) is 5.16 Å². The van der Waals surface area contributed by atoms with E-state index in [0.29, 0.717) is 22.6 Å². The number of hydrogen-bond donors (Lipinski definition) is 1. The van der Waals surface area contributed by atoms with Gasteiger partial charge in [0.05, 0.1) is 4.92 Å². The van der Waals surface area contributed by atoms with Gasteiger partial charge in [-0.25, -0.2) is 4.39 Å². The maximum Gasteiger partial charge on any atom is 0.307 e. The van der Waals surface area contributed by atoms with Crippen LogP contribution in [0.15, 0.2) is 65.4 Å². The van der Waals surface area contributed by atoms with Crippen molar-refractivity contribution in [3.8, 4) is 22.8 Å². The summed E-state index contributed by atoms with van der Waals surface area (Å²) in [5, 5.41) is 21.0. The number of carbonyl (C=O) groups excluding carboxylic acids is 1. The molecule has 150 valence electrons. The monoisotopic (exact) mass is 408 g/mol. The van der Waals surface area contributed by atoms with E-state index in [0.717, 1.165) is 6.20 Å². The highest BCUT2D eigenvalue weighted by Crippen LogP contribution is 2.23. The Bertz CT molecular complexity index is 1200. The third-order valence-electron chi connectivity index (χ3n) is 4.08. The van der Waals surface area contributed by atoms with Crippen LogP contribution < -0.4 is 5.32 Å². The Kier molecular flexibility index (Phi) is 4.99. The minimum atomic E-state index is -0.584. The van der Waals surface area contributed by atoms with Gasteiger partial charge < -0.3 is 9.84 Å². The minimum absolute atomic E-state index is 0.165. The predicted octanol–water partition coefficient (Wildman–Crippen LogP) is 3.29. The third kappa shape index (κ3) is 4.19. The molecule has 2 aromatic carbocycles. The summed E-state index contributed by atoms with van der Waals surface area (Å²) >= 11 is 0. The molecule has 0 saturated heterocycles. The van der Waals surface area contributed by atoms with Crippen LogP contribution in [0.2, 0.25) is 0 Å². The molecule has 0 unspecified atom stereocenters. The first-order valence-corrected chi connectivity index (χ1v) is 8.65. The molecule has 1 amide bonds. The molecule has 0 radical (unpaired) electrons. The van der Waals surface area contributed by atoms with Gasteiger partial charge in [0.15, 0.2) is 0 Å². The molecule has 0 fully saturated rings. The number of aromatic nitrogens is 4. The van der Waals surface area contributed by atoms with Crippen molar-refractivity contribution in [2.24, 2.45) is 0 Å². The lowest BCUT2D eigenvalue weighted by atomic mass is 10.2. The van der Waals surface area contributed by atoms with Gasteiger partial charge in [-0.05, 0) is 48.5 Å². The number of hydrogen-bond acceptors (Lipinski definition) is 7. The van der Waals surface area contributed by atoms with Crippen molar-refractivity contribution < 1.29 is 18.6 Å². The molecule has 0 atom stereocenters. The molecule has 10 nitrogen and oxygen atoms in total. The molecule has 0 saturated carbocycles. The highest BCUT2D eigenvalue weighted by molar-refractivity contribution is 5.90. The fourth-order valence-corrected chi connectivity index (χ4v) is 2.63. The highest BCUT2D eigenvalue weighted by atomic mass is 19.1. The normalized spacial score (nSPS) is 10.7. The summed E-state index contributed by atoms with van der Waals surface area (Å²) in [5.41, 5.74) is 1.59. The summed E-state index contributed by atoms with van der Waals surface area (Å²) in [6, 6.07) is 12.4. The van der Waals surface area contributed by atoms with Crippen LogP contribution in [-0.2, 0) is 11.3 Å². The average molecular weight is 408 g/mol. The van der Waals surface area contributed by atoms with E-state index in [1.807, 2.05) is 0 Å². The Balaban J connectivity index is 1.41. The van der Waals surface area contributed by atoms with Crippen LogP contribution in [-0.4, -0.2) is 30.8 Å². The van der Waals surface area contributed by atoms with E-state index < -0.39 is 4.92 Å². The molecule has 0 bridgehead atoms. The Hall–Kier alpha value is -4.41. The Morgan fingerprint density at radius 3 is 2.50 bits per heavy atom. The molecule has 0 aliphatic heterocycles. The maximum atomic E-state index is 13.0. The lowest BCUT2D eigenvalue weighted by molar-refractivity contribution is -0.385. The average Bonchev–Trinajstić information content (AvgIpc) is 3.39. The van der Waals surface area contributed by atoms with Gasteiger partial charge in [0.2, 0.25) is 11.7 Å². The maximum absolute atomic E-state index is 13.0. The number of halogens is 1. The van der Waals surface area contributed by atoms with Crippen molar-refractivity contribution in [2.45, 2.75) is 6.54 Å². The zero-order valence-corrected chi connectivity index (χ0v) is 15.2. The second-order valence-corrected chi connectivity index (χ2v) is 6.21. The molecule has 2 aromatic heterocycles. The van der Waals surface area contributed by atoms with Crippen molar-refractivity contribution >= 4 is 17.3 Å². The number of anilines is 1. The molecular weight excluding hydrogens is 395 g/mol. The first kappa shape index (κ1) is 18.9. The summed E-state index contributed by atoms with van der Waals surface area (Å²) in [6.45, 7) is -0.165. The zero-order valence-electron chi connectivity index (χ0n) is 15.2. The van der Waals surface area contributed by atoms with Gasteiger partial charge in [0.1, 0.15) is 24.8 Å². The van der Waals surface area contributed by atoms with Crippen LogP contribution in [0, 0.1) is 15.9 Å². The third-order valence-corrected chi connectivity index (χ3v) is 4.08. The number of amides is 1. The molecule has 0 aliphatic carbocycles. The van der Waals surface area contributed by atoms with Gasteiger partial charge in [-0.3, -0.25) is 19.6 Å². The topological polar surface area (TPSA) is 129 Å². The number of nitrogens with one attached hydrogen (secondary N) is 1. The van der Waals surface area contributed by atoms with Crippen molar-refractivity contribution in [1.29, 1.82) is 0 Å². The summed E-state index contributed by atoms with van der Waals surface area (Å²) in [6.07, 6.45) is 2.25. The lowest BCUT2D eigenvalue weighted by Gasteiger charge is -2.05. The molecule has 30 heavy (non-hydrogen) atoms. The first-order chi connectivity index (χ1) is 14.5. The van der Waals surface area contributed by atoms with E-state index >= 15 is 0 Å². The zero-order chi connectivity index (χ0) is 21.1. The second-order valence-electron chi connectivity index (χ2n) is 6.21. The van der Waals surface area contributed by atoms with E-state index in [1.165, 1.54) is 23.0 Å². The highest BCUT2D eigenvalue weighted by Gasteiger charge is 2.13. The molecule has 4 aromatic rings. The van der Waals surface area contributed by atoms with Crippen LogP contribution in [0.25, 0.3) is 22.8 Å². The molecule has 0 spiro atoms. The van der Waals surface area contributed by atoms with Gasteiger partial charge in [0, 0.05) is 16.8 Å². The van der Waals surface area contributed by atoms with Crippen molar-refractivity contribution in [1.82, 2.24) is 19.9 Å². The van der Waals surface area contributed by atoms with E-state index in [-0.39, 0.29) is 29.8 Å². The lowest BCUT2D eigenvalue weighted by Crippen LogP contribution is -2.18. The first-order valence-electron chi connectivity index (χ1n) is 8.65. The number of nitrogens with zero attached hydrogens (tertiary/aromatic N) is 5. The van der Waals surface area contributed by atoms with Gasteiger partial charge in [0.25, 0.3) is 5.89 Å². The molecule has 1 N–H and O–H groups in total. The summed E-state index contributed by atoms with van der Waals surface area (Å²) in [5.74, 6) is -0.146. The van der Waals surface area contributed by atoms with Crippen molar-refractivity contribution in [3.63, 3.8) is 0 Å². The molecule has 2 heterocycles. The SMILES string of the molecule is O=C(Cn1cc([N+](=O)[O-])cn1)Nc1ccc(-c2noc(-c3ccc(F)cc3)n2)cc1. The van der Waals surface area contributed by atoms with E-state index in [2.05, 4.69) is 20.6 Å². The van der Waals surface area contributed by atoms with Crippen LogP contribution in [0.1, 0.15) is 0 Å². The number of benzene rings is 2. The Morgan fingerprint density at radius 2 is 1.83 bits per heavy atom. The predicted molar refractivity (Wildman–Crippen MR) is 103 cm³/mol. The van der Waals surface area contributed by atoms with Gasteiger partial charge in [-0.15, -0.1) is 0 Å². The summed E-state index contributed by atoms with van der Waals surface area (Å²) in [7, 11) is 0. The molecular formula is C19H13FN6O4. The van der Waals surface area contributed by atoms with Crippen LogP contribution in [0.3, 0.4) is 0 Å². The molecule has 11 heteroatoms. The standard InChI is InChI=1S/C19H13FN6O4/c20-14-5-1-13(2-6-14)19-23-18(24-30-19)12-3-7-15(8-4-12)22-17(27)11-25-10-16(9-21-25)26(28)29/h1-10H,11H2,(H,22,27). The Morgan fingerprint density at radius 1 is 1.13 bits per heavy atom. The van der Waals surface area contributed by atoms with E-state index in [4.69, 9.17) is 4.52 Å². The van der Waals surface area contributed by atoms with Gasteiger partial charge in [-0.2, -0.15) is 10.1 Å². The van der Waals surface area contributed by atoms with Crippen LogP contribution >= 0.6 is 0 Å². The summed E-state index contributed by atoms with van der Waals surface area (Å²) < 4.78 is 19.4. The summed E-state index contributed by atoms with van der Waals surface area (Å²) in [4.78, 5) is 26.5.